The molecule has 1 amide bonds. The Morgan fingerprint density at radius 1 is 1.53 bits per heavy atom. The van der Waals surface area contributed by atoms with Gasteiger partial charge in [-0.3, -0.25) is 9.59 Å². The van der Waals surface area contributed by atoms with Gasteiger partial charge in [0.2, 0.25) is 5.91 Å². The lowest BCUT2D eigenvalue weighted by molar-refractivity contribution is -0.142. The maximum atomic E-state index is 11.4. The fraction of sp³-hybridized carbons (Fsp3) is 0.818. The monoisotopic (exact) mass is 243 g/mol. The van der Waals surface area contributed by atoms with Crippen LogP contribution >= 0.6 is 0 Å². The van der Waals surface area contributed by atoms with Crippen LogP contribution in [0.3, 0.4) is 0 Å². The molecule has 1 aliphatic rings. The highest BCUT2D eigenvalue weighted by Crippen LogP contribution is 2.18. The number of nitrogens with one attached hydrogen (secondary N) is 1. The summed E-state index contributed by atoms with van der Waals surface area (Å²) in [6, 6.07) is 0.133. The van der Waals surface area contributed by atoms with Gasteiger partial charge >= 0.3 is 5.97 Å². The van der Waals surface area contributed by atoms with Gasteiger partial charge in [0.1, 0.15) is 5.54 Å². The lowest BCUT2D eigenvalue weighted by Crippen LogP contribution is -2.50. The molecular weight excluding hydrogens is 222 g/mol. The molecule has 6 heteroatoms. The number of amides is 1. The van der Waals surface area contributed by atoms with Crippen molar-refractivity contribution in [2.24, 2.45) is 5.73 Å². The molecule has 6 nitrogen and oxygen atoms in total. The highest BCUT2D eigenvalue weighted by Gasteiger charge is 2.40. The number of aliphatic carboxylic acids is 1. The Balaban J connectivity index is 2.31. The molecule has 0 aliphatic carbocycles. The number of hydrogen-bond donors (Lipinski definition) is 3. The molecule has 1 unspecified atom stereocenters. The number of nitrogens with zero attached hydrogens (tertiary/aromatic N) is 1. The van der Waals surface area contributed by atoms with Crippen LogP contribution in [-0.4, -0.2) is 53.1 Å². The molecule has 98 valence electrons. The summed E-state index contributed by atoms with van der Waals surface area (Å²) in [5, 5.41) is 11.8. The first-order chi connectivity index (χ1) is 7.83. The molecule has 1 atom stereocenters. The number of carboxylic acid groups (broad SMARTS) is 1. The zero-order valence-corrected chi connectivity index (χ0v) is 10.4. The van der Waals surface area contributed by atoms with Crippen molar-refractivity contribution in [2.75, 3.05) is 19.6 Å². The standard InChI is InChI=1S/C11H21N3O3/c1-8(2)13-9(15)3-5-14-6-4-11(12,7-14)10(16)17/h8H,3-7,12H2,1-2H3,(H,13,15)(H,16,17). The minimum Gasteiger partial charge on any atom is -0.480 e. The second-order valence-corrected chi connectivity index (χ2v) is 4.96. The average molecular weight is 243 g/mol. The molecule has 0 spiro atoms. The number of carbonyl (C=O) groups is 2. The lowest BCUT2D eigenvalue weighted by atomic mass is 10.0. The molecule has 1 rings (SSSR count). The minimum absolute atomic E-state index is 0.00940. The van der Waals surface area contributed by atoms with E-state index in [4.69, 9.17) is 10.8 Å². The molecule has 1 fully saturated rings. The van der Waals surface area contributed by atoms with Crippen molar-refractivity contribution in [3.8, 4) is 0 Å². The smallest absolute Gasteiger partial charge is 0.325 e. The normalized spacial score (nSPS) is 25.2. The van der Waals surface area contributed by atoms with Gasteiger partial charge in [0.05, 0.1) is 0 Å². The predicted octanol–water partition coefficient (Wildman–Crippen LogP) is -0.611. The van der Waals surface area contributed by atoms with E-state index in [1.807, 2.05) is 18.7 Å². The molecule has 1 saturated heterocycles. The van der Waals surface area contributed by atoms with Crippen LogP contribution in [0, 0.1) is 0 Å². The topological polar surface area (TPSA) is 95.7 Å². The zero-order chi connectivity index (χ0) is 13.1. The number of likely N-dealkylation sites (tertiary alicyclic amines) is 1. The van der Waals surface area contributed by atoms with Gasteiger partial charge in [-0.15, -0.1) is 0 Å². The van der Waals surface area contributed by atoms with E-state index in [-0.39, 0.29) is 11.9 Å². The van der Waals surface area contributed by atoms with E-state index in [2.05, 4.69) is 5.32 Å². The van der Waals surface area contributed by atoms with Gasteiger partial charge in [-0.1, -0.05) is 0 Å². The molecule has 0 radical (unpaired) electrons. The summed E-state index contributed by atoms with van der Waals surface area (Å²) in [6.07, 6.45) is 0.821. The quantitative estimate of drug-likeness (QED) is 0.598. The van der Waals surface area contributed by atoms with E-state index in [1.165, 1.54) is 0 Å². The first kappa shape index (κ1) is 13.9. The Morgan fingerprint density at radius 2 is 2.18 bits per heavy atom. The Bertz CT molecular complexity index is 306. The van der Waals surface area contributed by atoms with E-state index in [9.17, 15) is 9.59 Å². The van der Waals surface area contributed by atoms with E-state index >= 15 is 0 Å². The van der Waals surface area contributed by atoms with Crippen LogP contribution in [0.25, 0.3) is 0 Å². The maximum absolute atomic E-state index is 11.4. The van der Waals surface area contributed by atoms with Gasteiger partial charge in [0.25, 0.3) is 0 Å². The van der Waals surface area contributed by atoms with Crippen LogP contribution in [0.15, 0.2) is 0 Å². The summed E-state index contributed by atoms with van der Waals surface area (Å²) < 4.78 is 0. The fourth-order valence-corrected chi connectivity index (χ4v) is 1.93. The summed E-state index contributed by atoms with van der Waals surface area (Å²) >= 11 is 0. The largest absolute Gasteiger partial charge is 0.480 e. The predicted molar refractivity (Wildman–Crippen MR) is 63.5 cm³/mol. The third-order valence-electron chi connectivity index (χ3n) is 2.91. The third-order valence-corrected chi connectivity index (χ3v) is 2.91. The zero-order valence-electron chi connectivity index (χ0n) is 10.4. The highest BCUT2D eigenvalue weighted by molar-refractivity contribution is 5.79. The third kappa shape index (κ3) is 3.98. The SMILES string of the molecule is CC(C)NC(=O)CCN1CCC(N)(C(=O)O)C1. The van der Waals surface area contributed by atoms with Gasteiger partial charge in [-0.2, -0.15) is 0 Å². The van der Waals surface area contributed by atoms with E-state index in [0.717, 1.165) is 0 Å². The van der Waals surface area contributed by atoms with Crippen molar-refractivity contribution in [2.45, 2.75) is 38.3 Å². The number of hydrogen-bond acceptors (Lipinski definition) is 4. The van der Waals surface area contributed by atoms with Crippen LogP contribution in [0.2, 0.25) is 0 Å². The maximum Gasteiger partial charge on any atom is 0.325 e. The number of carbonyl (C=O) groups excluding carboxylic acids is 1. The number of carboxylic acids is 1. The van der Waals surface area contributed by atoms with Gasteiger partial charge in [0.15, 0.2) is 0 Å². The molecule has 17 heavy (non-hydrogen) atoms. The molecule has 0 aromatic rings. The second kappa shape index (κ2) is 5.46. The molecule has 1 heterocycles. The van der Waals surface area contributed by atoms with Crippen molar-refractivity contribution in [1.29, 1.82) is 0 Å². The van der Waals surface area contributed by atoms with Gasteiger partial charge in [0, 0.05) is 32.1 Å². The molecule has 0 aromatic heterocycles. The van der Waals surface area contributed by atoms with Crippen molar-refractivity contribution in [3.63, 3.8) is 0 Å². The molecule has 0 aromatic carbocycles. The Kier molecular flexibility index (Phi) is 4.47. The van der Waals surface area contributed by atoms with Crippen molar-refractivity contribution < 1.29 is 14.7 Å². The van der Waals surface area contributed by atoms with Crippen molar-refractivity contribution in [1.82, 2.24) is 10.2 Å². The average Bonchev–Trinajstić information content (AvgIpc) is 2.58. The summed E-state index contributed by atoms with van der Waals surface area (Å²) in [6.45, 7) is 5.33. The van der Waals surface area contributed by atoms with Gasteiger partial charge in [-0.25, -0.2) is 0 Å². The fourth-order valence-electron chi connectivity index (χ4n) is 1.93. The van der Waals surface area contributed by atoms with E-state index in [1.54, 1.807) is 0 Å². The van der Waals surface area contributed by atoms with Crippen LogP contribution in [0.1, 0.15) is 26.7 Å². The molecular formula is C11H21N3O3. The van der Waals surface area contributed by atoms with Crippen molar-refractivity contribution >= 4 is 11.9 Å². The Hall–Kier alpha value is -1.14. The van der Waals surface area contributed by atoms with Gasteiger partial charge in [-0.05, 0) is 20.3 Å². The van der Waals surface area contributed by atoms with Crippen molar-refractivity contribution in [3.05, 3.63) is 0 Å². The summed E-state index contributed by atoms with van der Waals surface area (Å²) in [4.78, 5) is 24.3. The number of rotatable bonds is 5. The van der Waals surface area contributed by atoms with E-state index < -0.39 is 11.5 Å². The summed E-state index contributed by atoms with van der Waals surface area (Å²) in [5.74, 6) is -0.975. The Morgan fingerprint density at radius 3 is 2.65 bits per heavy atom. The first-order valence-corrected chi connectivity index (χ1v) is 5.87. The van der Waals surface area contributed by atoms with Crippen LogP contribution in [0.5, 0.6) is 0 Å². The molecule has 0 bridgehead atoms. The number of nitrogens with two attached hydrogens (primary N) is 1. The Labute approximate surface area is 101 Å². The lowest BCUT2D eigenvalue weighted by Gasteiger charge is -2.20. The summed E-state index contributed by atoms with van der Waals surface area (Å²) in [7, 11) is 0. The minimum atomic E-state index is -1.14. The molecule has 0 saturated carbocycles. The highest BCUT2D eigenvalue weighted by atomic mass is 16.4. The van der Waals surface area contributed by atoms with Crippen LogP contribution in [0.4, 0.5) is 0 Å². The van der Waals surface area contributed by atoms with E-state index in [0.29, 0.717) is 32.5 Å². The second-order valence-electron chi connectivity index (χ2n) is 4.96. The molecule has 4 N–H and O–H groups in total. The molecule has 1 aliphatic heterocycles. The summed E-state index contributed by atoms with van der Waals surface area (Å²) in [5.41, 5.74) is 4.59. The first-order valence-electron chi connectivity index (χ1n) is 5.87. The van der Waals surface area contributed by atoms with Crippen LogP contribution in [-0.2, 0) is 9.59 Å². The van der Waals surface area contributed by atoms with Gasteiger partial charge < -0.3 is 21.1 Å². The van der Waals surface area contributed by atoms with Crippen LogP contribution < -0.4 is 11.1 Å².